The summed E-state index contributed by atoms with van der Waals surface area (Å²) in [5.41, 5.74) is 5.85. The molecule has 3 N–H and O–H groups in total. The maximum Gasteiger partial charge on any atom is 0.220 e. The van der Waals surface area contributed by atoms with Gasteiger partial charge in [0.05, 0.1) is 19.1 Å². The van der Waals surface area contributed by atoms with Gasteiger partial charge in [0.1, 0.15) is 5.75 Å². The van der Waals surface area contributed by atoms with Crippen LogP contribution in [0.2, 0.25) is 0 Å². The maximum absolute atomic E-state index is 10.5. The summed E-state index contributed by atoms with van der Waals surface area (Å²) in [6.07, 6.45) is 0.459. The van der Waals surface area contributed by atoms with Gasteiger partial charge in [0, 0.05) is 0 Å². The van der Waals surface area contributed by atoms with Crippen molar-refractivity contribution in [2.75, 3.05) is 6.61 Å². The first-order chi connectivity index (χ1) is 7.63. The summed E-state index contributed by atoms with van der Waals surface area (Å²) in [7, 11) is 0. The number of aliphatic hydroxyl groups excluding tert-OH is 1. The lowest BCUT2D eigenvalue weighted by molar-refractivity contribution is -0.118. The lowest BCUT2D eigenvalue weighted by Gasteiger charge is -2.09. The number of carbonyl (C=O) groups is 1. The standard InChI is InChI=1S/C12H17NO3/c1-2-11(14)9-3-5-10(6-4-9)16-8-7-12(13)15/h3-6,11,14H,2,7-8H2,1H3,(H2,13,15). The van der Waals surface area contributed by atoms with Gasteiger partial charge in [-0.1, -0.05) is 19.1 Å². The van der Waals surface area contributed by atoms with Gasteiger partial charge in [0.2, 0.25) is 5.91 Å². The van der Waals surface area contributed by atoms with E-state index >= 15 is 0 Å². The van der Waals surface area contributed by atoms with Crippen molar-refractivity contribution in [3.8, 4) is 5.75 Å². The zero-order valence-electron chi connectivity index (χ0n) is 9.35. The number of aliphatic hydroxyl groups is 1. The van der Waals surface area contributed by atoms with Crippen LogP contribution in [-0.4, -0.2) is 17.6 Å². The van der Waals surface area contributed by atoms with E-state index in [2.05, 4.69) is 0 Å². The van der Waals surface area contributed by atoms with Gasteiger partial charge in [0.15, 0.2) is 0 Å². The molecule has 16 heavy (non-hydrogen) atoms. The number of carbonyl (C=O) groups excluding carboxylic acids is 1. The Morgan fingerprint density at radius 2 is 2.06 bits per heavy atom. The van der Waals surface area contributed by atoms with E-state index in [0.717, 1.165) is 5.56 Å². The quantitative estimate of drug-likeness (QED) is 0.765. The van der Waals surface area contributed by atoms with Crippen molar-refractivity contribution in [3.63, 3.8) is 0 Å². The van der Waals surface area contributed by atoms with Gasteiger partial charge in [-0.15, -0.1) is 0 Å². The van der Waals surface area contributed by atoms with Crippen LogP contribution in [0.1, 0.15) is 31.4 Å². The summed E-state index contributed by atoms with van der Waals surface area (Å²) < 4.78 is 5.30. The van der Waals surface area contributed by atoms with E-state index in [1.54, 1.807) is 12.1 Å². The van der Waals surface area contributed by atoms with E-state index in [4.69, 9.17) is 10.5 Å². The van der Waals surface area contributed by atoms with Gasteiger partial charge in [0.25, 0.3) is 0 Å². The summed E-state index contributed by atoms with van der Waals surface area (Å²) in [5.74, 6) is 0.298. The monoisotopic (exact) mass is 223 g/mol. The molecule has 0 radical (unpaired) electrons. The molecule has 88 valence electrons. The number of hydrogen-bond donors (Lipinski definition) is 2. The Morgan fingerprint density at radius 3 is 2.56 bits per heavy atom. The number of nitrogens with two attached hydrogens (primary N) is 1. The molecule has 1 rings (SSSR count). The molecule has 0 fully saturated rings. The van der Waals surface area contributed by atoms with Crippen molar-refractivity contribution in [2.45, 2.75) is 25.9 Å². The molecule has 0 heterocycles. The highest BCUT2D eigenvalue weighted by Gasteiger charge is 2.04. The van der Waals surface area contributed by atoms with Crippen LogP contribution >= 0.6 is 0 Å². The molecule has 0 saturated heterocycles. The number of hydrogen-bond acceptors (Lipinski definition) is 3. The number of primary amides is 1. The number of benzene rings is 1. The van der Waals surface area contributed by atoms with Gasteiger partial charge >= 0.3 is 0 Å². The lowest BCUT2D eigenvalue weighted by atomic mass is 10.1. The number of ether oxygens (including phenoxy) is 1. The third-order valence-electron chi connectivity index (χ3n) is 2.27. The Morgan fingerprint density at radius 1 is 1.44 bits per heavy atom. The normalized spacial score (nSPS) is 12.1. The van der Waals surface area contributed by atoms with Crippen LogP contribution in [0.3, 0.4) is 0 Å². The number of amides is 1. The lowest BCUT2D eigenvalue weighted by Crippen LogP contribution is -2.14. The average molecular weight is 223 g/mol. The van der Waals surface area contributed by atoms with Crippen LogP contribution in [0.15, 0.2) is 24.3 Å². The predicted octanol–water partition coefficient (Wildman–Crippen LogP) is 1.38. The molecule has 4 nitrogen and oxygen atoms in total. The fourth-order valence-corrected chi connectivity index (χ4v) is 1.29. The Balaban J connectivity index is 2.48. The van der Waals surface area contributed by atoms with E-state index in [9.17, 15) is 9.90 Å². The third kappa shape index (κ3) is 3.90. The fraction of sp³-hybridized carbons (Fsp3) is 0.417. The summed E-state index contributed by atoms with van der Waals surface area (Å²) >= 11 is 0. The molecule has 1 aromatic rings. The highest BCUT2D eigenvalue weighted by Crippen LogP contribution is 2.19. The Labute approximate surface area is 95.0 Å². The summed E-state index contributed by atoms with van der Waals surface area (Å²) in [4.78, 5) is 10.5. The van der Waals surface area contributed by atoms with Gasteiger partial charge < -0.3 is 15.6 Å². The molecule has 0 aromatic heterocycles. The van der Waals surface area contributed by atoms with Gasteiger partial charge in [-0.05, 0) is 24.1 Å². The molecule has 1 atom stereocenters. The van der Waals surface area contributed by atoms with Crippen LogP contribution in [0.4, 0.5) is 0 Å². The van der Waals surface area contributed by atoms with Gasteiger partial charge in [-0.3, -0.25) is 4.79 Å². The van der Waals surface area contributed by atoms with Crippen LogP contribution in [0.5, 0.6) is 5.75 Å². The second-order valence-electron chi connectivity index (χ2n) is 3.56. The van der Waals surface area contributed by atoms with E-state index in [1.165, 1.54) is 0 Å². The van der Waals surface area contributed by atoms with Crippen LogP contribution in [0.25, 0.3) is 0 Å². The van der Waals surface area contributed by atoms with E-state index in [0.29, 0.717) is 12.2 Å². The zero-order valence-corrected chi connectivity index (χ0v) is 9.35. The SMILES string of the molecule is CCC(O)c1ccc(OCCC(N)=O)cc1. The summed E-state index contributed by atoms with van der Waals surface area (Å²) in [6, 6.07) is 7.17. The minimum Gasteiger partial charge on any atom is -0.493 e. The summed E-state index contributed by atoms with van der Waals surface area (Å²) in [5, 5.41) is 9.57. The smallest absolute Gasteiger partial charge is 0.220 e. The highest BCUT2D eigenvalue weighted by molar-refractivity contribution is 5.73. The first-order valence-electron chi connectivity index (χ1n) is 5.32. The fourth-order valence-electron chi connectivity index (χ4n) is 1.29. The molecular weight excluding hydrogens is 206 g/mol. The minimum atomic E-state index is -0.431. The Kier molecular flexibility index (Phi) is 4.79. The average Bonchev–Trinajstić information content (AvgIpc) is 2.28. The topological polar surface area (TPSA) is 72.6 Å². The first-order valence-corrected chi connectivity index (χ1v) is 5.32. The molecule has 1 amide bonds. The van der Waals surface area contributed by atoms with E-state index in [-0.39, 0.29) is 18.9 Å². The Hall–Kier alpha value is -1.55. The molecule has 0 spiro atoms. The van der Waals surface area contributed by atoms with Crippen LogP contribution < -0.4 is 10.5 Å². The Bertz CT molecular complexity index is 335. The molecule has 0 saturated carbocycles. The van der Waals surface area contributed by atoms with Gasteiger partial charge in [-0.25, -0.2) is 0 Å². The number of rotatable bonds is 6. The van der Waals surface area contributed by atoms with Crippen molar-refractivity contribution in [1.29, 1.82) is 0 Å². The van der Waals surface area contributed by atoms with Crippen molar-refractivity contribution < 1.29 is 14.6 Å². The van der Waals surface area contributed by atoms with Crippen LogP contribution in [-0.2, 0) is 4.79 Å². The second kappa shape index (κ2) is 6.12. The third-order valence-corrected chi connectivity index (χ3v) is 2.27. The second-order valence-corrected chi connectivity index (χ2v) is 3.56. The minimum absolute atomic E-state index is 0.208. The van der Waals surface area contributed by atoms with E-state index < -0.39 is 6.10 Å². The van der Waals surface area contributed by atoms with Crippen molar-refractivity contribution in [1.82, 2.24) is 0 Å². The molecule has 0 bridgehead atoms. The zero-order chi connectivity index (χ0) is 12.0. The highest BCUT2D eigenvalue weighted by atomic mass is 16.5. The molecule has 1 unspecified atom stereocenters. The maximum atomic E-state index is 10.5. The molecule has 0 aliphatic heterocycles. The molecular formula is C12H17NO3. The van der Waals surface area contributed by atoms with Crippen molar-refractivity contribution >= 4 is 5.91 Å². The van der Waals surface area contributed by atoms with Crippen molar-refractivity contribution in [2.24, 2.45) is 5.73 Å². The van der Waals surface area contributed by atoms with Crippen molar-refractivity contribution in [3.05, 3.63) is 29.8 Å². The predicted molar refractivity (Wildman–Crippen MR) is 61.0 cm³/mol. The van der Waals surface area contributed by atoms with Gasteiger partial charge in [-0.2, -0.15) is 0 Å². The molecule has 4 heteroatoms. The molecule has 1 aromatic carbocycles. The molecule has 0 aliphatic rings. The van der Waals surface area contributed by atoms with E-state index in [1.807, 2.05) is 19.1 Å². The summed E-state index contributed by atoms with van der Waals surface area (Å²) in [6.45, 7) is 2.20. The van der Waals surface area contributed by atoms with Crippen LogP contribution in [0, 0.1) is 0 Å². The first kappa shape index (κ1) is 12.5. The largest absolute Gasteiger partial charge is 0.493 e. The molecule has 0 aliphatic carbocycles.